The molecule has 0 aliphatic carbocycles. The van der Waals surface area contributed by atoms with Gasteiger partial charge in [-0.2, -0.15) is 0 Å². The van der Waals surface area contributed by atoms with Gasteiger partial charge in [0.25, 0.3) is 0 Å². The fraction of sp³-hybridized carbons (Fsp3) is 0.760. The lowest BCUT2D eigenvalue weighted by Crippen LogP contribution is -1.97. The summed E-state index contributed by atoms with van der Waals surface area (Å²) in [5, 5.41) is 1.16. The van der Waals surface area contributed by atoms with E-state index in [9.17, 15) is 0 Å². The Bertz CT molecular complexity index is 410. The van der Waals surface area contributed by atoms with E-state index in [1.165, 1.54) is 95.5 Å². The molecule has 0 aliphatic heterocycles. The summed E-state index contributed by atoms with van der Waals surface area (Å²) in [6, 6.07) is 10.4. The van der Waals surface area contributed by atoms with Gasteiger partial charge in [0.1, 0.15) is 0 Å². The van der Waals surface area contributed by atoms with Crippen LogP contribution in [0.15, 0.2) is 30.3 Å². The van der Waals surface area contributed by atoms with E-state index in [0.29, 0.717) is 0 Å². The Kier molecular flexibility index (Phi) is 19.5. The van der Waals surface area contributed by atoms with Crippen LogP contribution >= 0.6 is 15.9 Å². The van der Waals surface area contributed by atoms with Crippen molar-refractivity contribution in [2.24, 2.45) is 0 Å². The molecule has 0 saturated heterocycles. The Morgan fingerprint density at radius 2 is 0.929 bits per heavy atom. The standard InChI is InChI=1S/C25H43BrO2/c26-20-14-7-3-1-2-4-8-15-21-27-22-16-9-5-6-10-17-23-28-24-25-18-12-11-13-19-25/h11-13,18-19H,1-10,14-17,20-24H2. The second-order valence-electron chi connectivity index (χ2n) is 7.79. The first-order valence-corrected chi connectivity index (χ1v) is 12.8. The Labute approximate surface area is 182 Å². The summed E-state index contributed by atoms with van der Waals surface area (Å²) in [4.78, 5) is 0. The van der Waals surface area contributed by atoms with E-state index in [0.717, 1.165) is 31.8 Å². The van der Waals surface area contributed by atoms with Crippen molar-refractivity contribution in [1.29, 1.82) is 0 Å². The highest BCUT2D eigenvalue weighted by molar-refractivity contribution is 9.09. The first kappa shape index (κ1) is 25.7. The molecule has 0 atom stereocenters. The number of unbranched alkanes of at least 4 members (excludes halogenated alkanes) is 12. The van der Waals surface area contributed by atoms with Gasteiger partial charge in [0.15, 0.2) is 0 Å². The molecular formula is C25H43BrO2. The Hall–Kier alpha value is -0.380. The fourth-order valence-electron chi connectivity index (χ4n) is 3.34. The van der Waals surface area contributed by atoms with Crippen LogP contribution in [0.1, 0.15) is 95.5 Å². The summed E-state index contributed by atoms with van der Waals surface area (Å²) in [7, 11) is 0. The summed E-state index contributed by atoms with van der Waals surface area (Å²) in [5.74, 6) is 0. The smallest absolute Gasteiger partial charge is 0.0716 e. The maximum atomic E-state index is 5.77. The minimum Gasteiger partial charge on any atom is -0.381 e. The molecule has 0 saturated carbocycles. The van der Waals surface area contributed by atoms with E-state index < -0.39 is 0 Å². The van der Waals surface area contributed by atoms with E-state index >= 15 is 0 Å². The SMILES string of the molecule is BrCCCCCCCCCCOCCCCCCCCOCc1ccccc1. The lowest BCUT2D eigenvalue weighted by Gasteiger charge is -2.06. The van der Waals surface area contributed by atoms with E-state index in [1.807, 2.05) is 6.07 Å². The van der Waals surface area contributed by atoms with Crippen molar-refractivity contribution in [2.45, 2.75) is 96.5 Å². The second-order valence-corrected chi connectivity index (χ2v) is 8.58. The van der Waals surface area contributed by atoms with Crippen LogP contribution in [-0.4, -0.2) is 25.2 Å². The van der Waals surface area contributed by atoms with Crippen molar-refractivity contribution in [3.8, 4) is 0 Å². The number of halogens is 1. The Balaban J connectivity index is 1.67. The molecule has 2 nitrogen and oxygen atoms in total. The zero-order valence-electron chi connectivity index (χ0n) is 18.0. The normalized spacial score (nSPS) is 11.2. The van der Waals surface area contributed by atoms with Crippen molar-refractivity contribution < 1.29 is 9.47 Å². The third-order valence-electron chi connectivity index (χ3n) is 5.11. The number of hydrogen-bond acceptors (Lipinski definition) is 2. The Morgan fingerprint density at radius 3 is 1.43 bits per heavy atom. The van der Waals surface area contributed by atoms with Gasteiger partial charge in [-0.15, -0.1) is 0 Å². The monoisotopic (exact) mass is 454 g/mol. The second kappa shape index (κ2) is 21.3. The molecule has 1 aromatic carbocycles. The predicted octanol–water partition coefficient (Wildman–Crippen LogP) is 8.08. The largest absolute Gasteiger partial charge is 0.381 e. The minimum absolute atomic E-state index is 0.746. The maximum absolute atomic E-state index is 5.77. The average molecular weight is 456 g/mol. The van der Waals surface area contributed by atoms with Crippen LogP contribution in [0.25, 0.3) is 0 Å². The molecule has 0 aliphatic rings. The third kappa shape index (κ3) is 17.7. The predicted molar refractivity (Wildman–Crippen MR) is 125 cm³/mol. The fourth-order valence-corrected chi connectivity index (χ4v) is 3.74. The van der Waals surface area contributed by atoms with Crippen molar-refractivity contribution in [1.82, 2.24) is 0 Å². The zero-order valence-corrected chi connectivity index (χ0v) is 19.6. The van der Waals surface area contributed by atoms with Crippen molar-refractivity contribution in [3.63, 3.8) is 0 Å². The molecule has 28 heavy (non-hydrogen) atoms. The zero-order chi connectivity index (χ0) is 20.0. The highest BCUT2D eigenvalue weighted by Gasteiger charge is 1.96. The van der Waals surface area contributed by atoms with Crippen molar-refractivity contribution in [3.05, 3.63) is 35.9 Å². The summed E-state index contributed by atoms with van der Waals surface area (Å²) in [6.45, 7) is 3.54. The minimum atomic E-state index is 0.746. The van der Waals surface area contributed by atoms with Crippen LogP contribution in [0.3, 0.4) is 0 Å². The summed E-state index contributed by atoms with van der Waals surface area (Å²) in [6.07, 6.45) is 18.5. The molecule has 0 amide bonds. The molecular weight excluding hydrogens is 412 g/mol. The quantitative estimate of drug-likeness (QED) is 0.138. The van der Waals surface area contributed by atoms with Crippen LogP contribution in [-0.2, 0) is 16.1 Å². The van der Waals surface area contributed by atoms with Gasteiger partial charge < -0.3 is 9.47 Å². The lowest BCUT2D eigenvalue weighted by atomic mass is 10.1. The number of alkyl halides is 1. The molecule has 0 N–H and O–H groups in total. The number of benzene rings is 1. The molecule has 162 valence electrons. The van der Waals surface area contributed by atoms with Gasteiger partial charge >= 0.3 is 0 Å². The molecule has 1 aromatic rings. The van der Waals surface area contributed by atoms with E-state index in [2.05, 4.69) is 40.2 Å². The van der Waals surface area contributed by atoms with Crippen LogP contribution < -0.4 is 0 Å². The average Bonchev–Trinajstić information content (AvgIpc) is 2.73. The van der Waals surface area contributed by atoms with Gasteiger partial charge in [-0.25, -0.2) is 0 Å². The molecule has 3 heteroatoms. The summed E-state index contributed by atoms with van der Waals surface area (Å²) < 4.78 is 11.5. The highest BCUT2D eigenvalue weighted by atomic mass is 79.9. The Morgan fingerprint density at radius 1 is 0.500 bits per heavy atom. The van der Waals surface area contributed by atoms with E-state index in [1.54, 1.807) is 0 Å². The first-order chi connectivity index (χ1) is 13.9. The van der Waals surface area contributed by atoms with Crippen LogP contribution in [0.5, 0.6) is 0 Å². The molecule has 0 bridgehead atoms. The summed E-state index contributed by atoms with van der Waals surface area (Å²) >= 11 is 3.49. The topological polar surface area (TPSA) is 18.5 Å². The third-order valence-corrected chi connectivity index (χ3v) is 5.67. The van der Waals surface area contributed by atoms with E-state index in [4.69, 9.17) is 9.47 Å². The molecule has 0 radical (unpaired) electrons. The van der Waals surface area contributed by atoms with Gasteiger partial charge in [0.2, 0.25) is 0 Å². The lowest BCUT2D eigenvalue weighted by molar-refractivity contribution is 0.116. The van der Waals surface area contributed by atoms with Gasteiger partial charge in [0, 0.05) is 25.2 Å². The molecule has 0 fully saturated rings. The summed E-state index contributed by atoms with van der Waals surface area (Å²) in [5.41, 5.74) is 1.27. The van der Waals surface area contributed by atoms with Gasteiger partial charge in [0.05, 0.1) is 6.61 Å². The van der Waals surface area contributed by atoms with Crippen molar-refractivity contribution in [2.75, 3.05) is 25.2 Å². The molecule has 1 rings (SSSR count). The molecule has 0 heterocycles. The first-order valence-electron chi connectivity index (χ1n) is 11.7. The van der Waals surface area contributed by atoms with Crippen LogP contribution in [0.4, 0.5) is 0 Å². The highest BCUT2D eigenvalue weighted by Crippen LogP contribution is 2.10. The van der Waals surface area contributed by atoms with Gasteiger partial charge in [-0.1, -0.05) is 110 Å². The number of ether oxygens (including phenoxy) is 2. The maximum Gasteiger partial charge on any atom is 0.0716 e. The molecule has 0 spiro atoms. The molecule has 0 unspecified atom stereocenters. The van der Waals surface area contributed by atoms with Gasteiger partial charge in [-0.3, -0.25) is 0 Å². The van der Waals surface area contributed by atoms with Crippen molar-refractivity contribution >= 4 is 15.9 Å². The van der Waals surface area contributed by atoms with E-state index in [-0.39, 0.29) is 0 Å². The molecule has 0 aromatic heterocycles. The van der Waals surface area contributed by atoms with Crippen LogP contribution in [0.2, 0.25) is 0 Å². The van der Waals surface area contributed by atoms with Gasteiger partial charge in [-0.05, 0) is 31.2 Å². The number of hydrogen-bond donors (Lipinski definition) is 0. The number of rotatable bonds is 21. The van der Waals surface area contributed by atoms with Crippen LogP contribution in [0, 0.1) is 0 Å².